The number of hydrogen-bond acceptors (Lipinski definition) is 6. The first-order valence-electron chi connectivity index (χ1n) is 4.26. The second kappa shape index (κ2) is 4.27. The van der Waals surface area contributed by atoms with Gasteiger partial charge in [0.25, 0.3) is 0 Å². The third kappa shape index (κ3) is 2.06. The average Bonchev–Trinajstić information content (AvgIpc) is 2.28. The topological polar surface area (TPSA) is 104 Å². The first kappa shape index (κ1) is 11.7. The summed E-state index contributed by atoms with van der Waals surface area (Å²) in [6.45, 7) is 0. The van der Waals surface area contributed by atoms with Gasteiger partial charge in [-0.05, 0) is 0 Å². The standard InChI is InChI=1S/C8H5Cl2FN6/c9-3-2(11)1-14-5(4(3)10)6-7(12)15-8(13)17-16-6/h1H,(H4,12,13,15,17). The molecule has 2 aromatic rings. The van der Waals surface area contributed by atoms with Gasteiger partial charge in [0.05, 0.1) is 16.2 Å². The number of pyridine rings is 1. The quantitative estimate of drug-likeness (QED) is 0.818. The first-order chi connectivity index (χ1) is 8.00. The molecule has 2 heterocycles. The van der Waals surface area contributed by atoms with Crippen molar-refractivity contribution >= 4 is 35.0 Å². The Morgan fingerprint density at radius 1 is 1.06 bits per heavy atom. The summed E-state index contributed by atoms with van der Waals surface area (Å²) in [7, 11) is 0. The Morgan fingerprint density at radius 2 is 1.76 bits per heavy atom. The maximum atomic E-state index is 13.1. The number of hydrogen-bond donors (Lipinski definition) is 2. The van der Waals surface area contributed by atoms with Crippen molar-refractivity contribution in [1.82, 2.24) is 20.2 Å². The average molecular weight is 275 g/mol. The van der Waals surface area contributed by atoms with Crippen molar-refractivity contribution in [3.05, 3.63) is 22.1 Å². The van der Waals surface area contributed by atoms with E-state index in [2.05, 4.69) is 20.2 Å². The van der Waals surface area contributed by atoms with Crippen LogP contribution >= 0.6 is 23.2 Å². The lowest BCUT2D eigenvalue weighted by Crippen LogP contribution is -2.05. The molecule has 2 rings (SSSR count). The molecule has 6 nitrogen and oxygen atoms in total. The molecule has 9 heteroatoms. The van der Waals surface area contributed by atoms with Crippen LogP contribution in [0.4, 0.5) is 16.2 Å². The van der Waals surface area contributed by atoms with E-state index in [0.717, 1.165) is 6.20 Å². The first-order valence-corrected chi connectivity index (χ1v) is 5.02. The minimum atomic E-state index is -0.740. The van der Waals surface area contributed by atoms with Crippen molar-refractivity contribution in [3.8, 4) is 11.4 Å². The summed E-state index contributed by atoms with van der Waals surface area (Å²) in [5.74, 6) is -0.847. The summed E-state index contributed by atoms with van der Waals surface area (Å²) >= 11 is 11.5. The van der Waals surface area contributed by atoms with Gasteiger partial charge in [0.1, 0.15) is 5.69 Å². The van der Waals surface area contributed by atoms with Gasteiger partial charge in [-0.15, -0.1) is 10.2 Å². The van der Waals surface area contributed by atoms with Gasteiger partial charge in [0.2, 0.25) is 5.95 Å². The molecule has 0 amide bonds. The Bertz CT molecular complexity index is 590. The highest BCUT2D eigenvalue weighted by molar-refractivity contribution is 6.43. The zero-order chi connectivity index (χ0) is 12.6. The van der Waals surface area contributed by atoms with Crippen LogP contribution in [-0.4, -0.2) is 20.2 Å². The second-order valence-electron chi connectivity index (χ2n) is 2.99. The fourth-order valence-corrected chi connectivity index (χ4v) is 1.50. The van der Waals surface area contributed by atoms with Crippen molar-refractivity contribution in [1.29, 1.82) is 0 Å². The van der Waals surface area contributed by atoms with Gasteiger partial charge in [0.15, 0.2) is 17.3 Å². The highest BCUT2D eigenvalue weighted by Crippen LogP contribution is 2.33. The van der Waals surface area contributed by atoms with Crippen LogP contribution in [0.3, 0.4) is 0 Å². The highest BCUT2D eigenvalue weighted by atomic mass is 35.5. The maximum Gasteiger partial charge on any atom is 0.242 e. The summed E-state index contributed by atoms with van der Waals surface area (Å²) < 4.78 is 13.1. The maximum absolute atomic E-state index is 13.1. The summed E-state index contributed by atoms with van der Waals surface area (Å²) in [6.07, 6.45) is 0.904. The van der Waals surface area contributed by atoms with Crippen LogP contribution in [0.15, 0.2) is 6.20 Å². The number of aromatic nitrogens is 4. The smallest absolute Gasteiger partial charge is 0.242 e. The van der Waals surface area contributed by atoms with Gasteiger partial charge in [-0.1, -0.05) is 23.2 Å². The predicted octanol–water partition coefficient (Wildman–Crippen LogP) is 1.54. The van der Waals surface area contributed by atoms with E-state index < -0.39 is 5.82 Å². The fraction of sp³-hybridized carbons (Fsp3) is 0. The molecule has 0 saturated heterocycles. The van der Waals surface area contributed by atoms with Gasteiger partial charge in [-0.3, -0.25) is 0 Å². The monoisotopic (exact) mass is 274 g/mol. The van der Waals surface area contributed by atoms with E-state index in [1.807, 2.05) is 0 Å². The largest absolute Gasteiger partial charge is 0.382 e. The van der Waals surface area contributed by atoms with E-state index in [9.17, 15) is 4.39 Å². The highest BCUT2D eigenvalue weighted by Gasteiger charge is 2.17. The summed E-state index contributed by atoms with van der Waals surface area (Å²) in [6, 6.07) is 0. The number of nitrogens with two attached hydrogens (primary N) is 2. The van der Waals surface area contributed by atoms with E-state index in [4.69, 9.17) is 34.7 Å². The minimum Gasteiger partial charge on any atom is -0.382 e. The van der Waals surface area contributed by atoms with Crippen molar-refractivity contribution < 1.29 is 4.39 Å². The normalized spacial score (nSPS) is 10.5. The SMILES string of the molecule is Nc1nnc(-c2ncc(F)c(Cl)c2Cl)c(N)n1. The zero-order valence-corrected chi connectivity index (χ0v) is 9.67. The number of anilines is 2. The van der Waals surface area contributed by atoms with Crippen LogP contribution in [-0.2, 0) is 0 Å². The number of nitrogen functional groups attached to an aromatic ring is 2. The van der Waals surface area contributed by atoms with Gasteiger partial charge < -0.3 is 11.5 Å². The molecular formula is C8H5Cl2FN6. The molecule has 0 unspecified atom stereocenters. The predicted molar refractivity (Wildman–Crippen MR) is 61.9 cm³/mol. The molecule has 88 valence electrons. The van der Waals surface area contributed by atoms with E-state index in [-0.39, 0.29) is 33.2 Å². The second-order valence-corrected chi connectivity index (χ2v) is 3.74. The molecule has 4 N–H and O–H groups in total. The Kier molecular flexibility index (Phi) is 2.95. The van der Waals surface area contributed by atoms with Crippen LogP contribution in [0.5, 0.6) is 0 Å². The molecule has 0 bridgehead atoms. The Morgan fingerprint density at radius 3 is 2.41 bits per heavy atom. The molecule has 0 aliphatic heterocycles. The molecule has 0 aromatic carbocycles. The third-order valence-electron chi connectivity index (χ3n) is 1.87. The number of halogens is 3. The van der Waals surface area contributed by atoms with Crippen molar-refractivity contribution in [2.75, 3.05) is 11.5 Å². The van der Waals surface area contributed by atoms with Crippen LogP contribution in [0, 0.1) is 5.82 Å². The molecule has 0 radical (unpaired) electrons. The lowest BCUT2D eigenvalue weighted by Gasteiger charge is -2.06. The molecule has 2 aromatic heterocycles. The summed E-state index contributed by atoms with van der Waals surface area (Å²) in [4.78, 5) is 7.43. The Balaban J connectivity index is 2.65. The molecule has 0 spiro atoms. The van der Waals surface area contributed by atoms with Gasteiger partial charge in [-0.25, -0.2) is 9.37 Å². The molecule has 0 fully saturated rings. The van der Waals surface area contributed by atoms with E-state index in [0.29, 0.717) is 0 Å². The fourth-order valence-electron chi connectivity index (χ4n) is 1.13. The summed E-state index contributed by atoms with van der Waals surface area (Å²) in [5, 5.41) is 6.82. The molecule has 17 heavy (non-hydrogen) atoms. The summed E-state index contributed by atoms with van der Waals surface area (Å²) in [5.41, 5.74) is 11.1. The van der Waals surface area contributed by atoms with Gasteiger partial charge >= 0.3 is 0 Å². The van der Waals surface area contributed by atoms with E-state index >= 15 is 0 Å². The number of nitrogens with zero attached hydrogens (tertiary/aromatic N) is 4. The van der Waals surface area contributed by atoms with Crippen LogP contribution < -0.4 is 11.5 Å². The van der Waals surface area contributed by atoms with Crippen molar-refractivity contribution in [2.24, 2.45) is 0 Å². The molecule has 0 aliphatic rings. The lowest BCUT2D eigenvalue weighted by molar-refractivity contribution is 0.622. The van der Waals surface area contributed by atoms with Crippen LogP contribution in [0.25, 0.3) is 11.4 Å². The molecule has 0 atom stereocenters. The Labute approximate surface area is 105 Å². The molecule has 0 saturated carbocycles. The van der Waals surface area contributed by atoms with E-state index in [1.54, 1.807) is 0 Å². The van der Waals surface area contributed by atoms with Crippen molar-refractivity contribution in [3.63, 3.8) is 0 Å². The van der Waals surface area contributed by atoms with Gasteiger partial charge in [-0.2, -0.15) is 4.98 Å². The van der Waals surface area contributed by atoms with Crippen LogP contribution in [0.2, 0.25) is 10.0 Å². The minimum absolute atomic E-state index is 0.0189. The third-order valence-corrected chi connectivity index (χ3v) is 2.71. The van der Waals surface area contributed by atoms with E-state index in [1.165, 1.54) is 0 Å². The van der Waals surface area contributed by atoms with Gasteiger partial charge in [0, 0.05) is 0 Å². The molecule has 0 aliphatic carbocycles. The Hall–Kier alpha value is -1.73. The van der Waals surface area contributed by atoms with Crippen LogP contribution in [0.1, 0.15) is 0 Å². The van der Waals surface area contributed by atoms with Crippen molar-refractivity contribution in [2.45, 2.75) is 0 Å². The lowest BCUT2D eigenvalue weighted by atomic mass is 10.2. The molecular weight excluding hydrogens is 270 g/mol. The number of rotatable bonds is 1. The zero-order valence-electron chi connectivity index (χ0n) is 8.15.